The number of aryl methyl sites for hydroxylation is 1. The van der Waals surface area contributed by atoms with Crippen LogP contribution >= 0.6 is 0 Å². The van der Waals surface area contributed by atoms with E-state index in [1.807, 2.05) is 10.7 Å². The van der Waals surface area contributed by atoms with Crippen LogP contribution in [0, 0.1) is 6.92 Å². The molecular weight excluding hydrogens is 410 g/mol. The summed E-state index contributed by atoms with van der Waals surface area (Å²) in [5.41, 5.74) is 8.66. The van der Waals surface area contributed by atoms with E-state index < -0.39 is 0 Å². The molecule has 0 spiro atoms. The number of likely N-dealkylation sites (tertiary alicyclic amines) is 1. The lowest BCUT2D eigenvalue weighted by Gasteiger charge is -2.31. The molecule has 3 aromatic heterocycles. The molecule has 4 aromatic rings. The fourth-order valence-electron chi connectivity index (χ4n) is 5.37. The number of nitrogens with zero attached hydrogens (tertiary/aromatic N) is 3. The molecule has 6 nitrogen and oxygen atoms in total. The maximum absolute atomic E-state index is 11.7. The van der Waals surface area contributed by atoms with Crippen LogP contribution in [0.25, 0.3) is 27.7 Å². The van der Waals surface area contributed by atoms with Crippen LogP contribution in [0.3, 0.4) is 0 Å². The largest absolute Gasteiger partial charge is 0.358 e. The Morgan fingerprint density at radius 1 is 1.18 bits per heavy atom. The number of piperidine rings is 1. The van der Waals surface area contributed by atoms with Gasteiger partial charge in [-0.25, -0.2) is 4.52 Å². The number of pyridine rings is 1. The summed E-state index contributed by atoms with van der Waals surface area (Å²) in [7, 11) is 1.71. The van der Waals surface area contributed by atoms with E-state index in [9.17, 15) is 4.79 Å². The number of carbonyl (C=O) groups is 1. The molecule has 0 unspecified atom stereocenters. The van der Waals surface area contributed by atoms with Gasteiger partial charge in [-0.2, -0.15) is 5.10 Å². The lowest BCUT2D eigenvalue weighted by atomic mass is 9.87. The summed E-state index contributed by atoms with van der Waals surface area (Å²) in [6.45, 7) is 9.10. The summed E-state index contributed by atoms with van der Waals surface area (Å²) in [6, 6.07) is 13.5. The van der Waals surface area contributed by atoms with E-state index in [-0.39, 0.29) is 5.91 Å². The van der Waals surface area contributed by atoms with Crippen molar-refractivity contribution in [2.45, 2.75) is 45.4 Å². The molecule has 2 N–H and O–H groups in total. The predicted molar refractivity (Wildman–Crippen MR) is 134 cm³/mol. The fourth-order valence-corrected chi connectivity index (χ4v) is 5.37. The fraction of sp³-hybridized carbons (Fsp3) is 0.407. The number of aromatic nitrogens is 3. The van der Waals surface area contributed by atoms with Crippen molar-refractivity contribution in [1.82, 2.24) is 24.8 Å². The molecule has 1 saturated heterocycles. The van der Waals surface area contributed by atoms with Gasteiger partial charge >= 0.3 is 0 Å². The second-order valence-electron chi connectivity index (χ2n) is 9.65. The molecule has 4 heterocycles. The van der Waals surface area contributed by atoms with Gasteiger partial charge in [-0.3, -0.25) is 9.69 Å². The van der Waals surface area contributed by atoms with Crippen LogP contribution in [0.1, 0.15) is 55.3 Å². The number of likely N-dealkylation sites (N-methyl/N-ethyl adjacent to an activating group) is 1. The van der Waals surface area contributed by atoms with Crippen molar-refractivity contribution in [1.29, 1.82) is 0 Å². The van der Waals surface area contributed by atoms with Gasteiger partial charge in [0.15, 0.2) is 0 Å². The summed E-state index contributed by atoms with van der Waals surface area (Å²) in [4.78, 5) is 17.7. The monoisotopic (exact) mass is 443 g/mol. The first-order chi connectivity index (χ1) is 15.9. The molecule has 1 amide bonds. The number of fused-ring (bicyclic) bond motifs is 2. The first kappa shape index (κ1) is 21.7. The van der Waals surface area contributed by atoms with E-state index in [4.69, 9.17) is 0 Å². The maximum atomic E-state index is 11.7. The standard InChI is InChI=1S/C27H33N5O/c1-17(2)26-23-15-20(19-8-11-31(12-9-19)16-25(33)28-4)5-6-24(23)30-27(26)21-13-18(3)32-22(14-21)7-10-29-32/h5-7,10,13-15,17,19,30H,8-9,11-12,16H2,1-4H3,(H,28,33). The second-order valence-corrected chi connectivity index (χ2v) is 9.65. The zero-order valence-electron chi connectivity index (χ0n) is 20.0. The van der Waals surface area contributed by atoms with Crippen LogP contribution in [0.4, 0.5) is 0 Å². The Labute approximate surface area is 195 Å². The van der Waals surface area contributed by atoms with Crippen LogP contribution < -0.4 is 5.32 Å². The minimum atomic E-state index is 0.0978. The van der Waals surface area contributed by atoms with Gasteiger partial charge in [0.2, 0.25) is 5.91 Å². The average Bonchev–Trinajstić information content (AvgIpc) is 3.44. The van der Waals surface area contributed by atoms with Gasteiger partial charge in [0.05, 0.1) is 17.8 Å². The van der Waals surface area contributed by atoms with Crippen molar-refractivity contribution >= 4 is 22.3 Å². The minimum absolute atomic E-state index is 0.0978. The Kier molecular flexibility index (Phi) is 5.71. The number of nitrogens with one attached hydrogen (secondary N) is 2. The molecule has 0 radical (unpaired) electrons. The normalized spacial score (nSPS) is 15.7. The summed E-state index contributed by atoms with van der Waals surface area (Å²) in [5.74, 6) is 1.04. The van der Waals surface area contributed by atoms with Crippen LogP contribution in [-0.2, 0) is 4.79 Å². The molecule has 1 aliphatic heterocycles. The highest BCUT2D eigenvalue weighted by Gasteiger charge is 2.23. The molecule has 5 rings (SSSR count). The van der Waals surface area contributed by atoms with Crippen LogP contribution in [0.2, 0.25) is 0 Å². The molecular formula is C27H33N5O. The summed E-state index contributed by atoms with van der Waals surface area (Å²) >= 11 is 0. The molecule has 0 aliphatic carbocycles. The zero-order valence-corrected chi connectivity index (χ0v) is 20.0. The molecule has 1 aliphatic rings. The molecule has 1 aromatic carbocycles. The van der Waals surface area contributed by atoms with Crippen molar-refractivity contribution in [2.24, 2.45) is 0 Å². The molecule has 1 fully saturated rings. The Bertz CT molecular complexity index is 1310. The topological polar surface area (TPSA) is 65.4 Å². The Hall–Kier alpha value is -3.12. The number of amides is 1. The van der Waals surface area contributed by atoms with E-state index >= 15 is 0 Å². The number of H-pyrrole nitrogens is 1. The Balaban J connectivity index is 1.48. The Morgan fingerprint density at radius 2 is 1.97 bits per heavy atom. The molecule has 172 valence electrons. The molecule has 0 saturated carbocycles. The number of rotatable bonds is 5. The highest BCUT2D eigenvalue weighted by Crippen LogP contribution is 2.38. The minimum Gasteiger partial charge on any atom is -0.358 e. The van der Waals surface area contributed by atoms with Crippen molar-refractivity contribution in [3.8, 4) is 11.3 Å². The quantitative estimate of drug-likeness (QED) is 0.464. The Morgan fingerprint density at radius 3 is 2.70 bits per heavy atom. The van der Waals surface area contributed by atoms with Crippen LogP contribution in [0.5, 0.6) is 0 Å². The van der Waals surface area contributed by atoms with E-state index in [0.29, 0.717) is 18.4 Å². The number of aromatic amines is 1. The van der Waals surface area contributed by atoms with Gasteiger partial charge < -0.3 is 10.3 Å². The van der Waals surface area contributed by atoms with E-state index in [2.05, 4.69) is 77.5 Å². The molecule has 33 heavy (non-hydrogen) atoms. The molecule has 0 bridgehead atoms. The van der Waals surface area contributed by atoms with Gasteiger partial charge in [-0.1, -0.05) is 19.9 Å². The SMILES string of the molecule is CNC(=O)CN1CCC(c2ccc3[nH]c(-c4cc(C)n5nccc5c4)c(C(C)C)c3c2)CC1. The first-order valence-corrected chi connectivity index (χ1v) is 12.0. The molecule has 6 heteroatoms. The third-order valence-corrected chi connectivity index (χ3v) is 7.11. The number of benzene rings is 1. The van der Waals surface area contributed by atoms with Gasteiger partial charge in [0.25, 0.3) is 0 Å². The van der Waals surface area contributed by atoms with Crippen molar-refractivity contribution < 1.29 is 4.79 Å². The highest BCUT2D eigenvalue weighted by molar-refractivity contribution is 5.92. The average molecular weight is 444 g/mol. The zero-order chi connectivity index (χ0) is 23.1. The third-order valence-electron chi connectivity index (χ3n) is 7.11. The van der Waals surface area contributed by atoms with Gasteiger partial charge in [0.1, 0.15) is 0 Å². The van der Waals surface area contributed by atoms with Gasteiger partial charge in [-0.15, -0.1) is 0 Å². The maximum Gasteiger partial charge on any atom is 0.233 e. The predicted octanol–water partition coefficient (Wildman–Crippen LogP) is 4.84. The van der Waals surface area contributed by atoms with Crippen molar-refractivity contribution in [3.05, 3.63) is 59.4 Å². The summed E-state index contributed by atoms with van der Waals surface area (Å²) in [6.07, 6.45) is 4.04. The van der Waals surface area contributed by atoms with Crippen LogP contribution in [0.15, 0.2) is 42.6 Å². The lowest BCUT2D eigenvalue weighted by Crippen LogP contribution is -2.40. The van der Waals surface area contributed by atoms with Crippen molar-refractivity contribution in [2.75, 3.05) is 26.7 Å². The highest BCUT2D eigenvalue weighted by atomic mass is 16.1. The van der Waals surface area contributed by atoms with E-state index in [0.717, 1.165) is 37.1 Å². The van der Waals surface area contributed by atoms with Crippen molar-refractivity contribution in [3.63, 3.8) is 0 Å². The summed E-state index contributed by atoms with van der Waals surface area (Å²) in [5, 5.41) is 8.48. The third kappa shape index (κ3) is 4.04. The summed E-state index contributed by atoms with van der Waals surface area (Å²) < 4.78 is 1.98. The van der Waals surface area contributed by atoms with Gasteiger partial charge in [0, 0.05) is 35.4 Å². The number of hydrogen-bond acceptors (Lipinski definition) is 3. The molecule has 0 atom stereocenters. The first-order valence-electron chi connectivity index (χ1n) is 12.0. The van der Waals surface area contributed by atoms with E-state index in [1.54, 1.807) is 7.05 Å². The number of hydrogen-bond donors (Lipinski definition) is 2. The van der Waals surface area contributed by atoms with E-state index in [1.165, 1.54) is 33.3 Å². The number of carbonyl (C=O) groups excluding carboxylic acids is 1. The van der Waals surface area contributed by atoms with Crippen LogP contribution in [-0.4, -0.2) is 52.1 Å². The lowest BCUT2D eigenvalue weighted by molar-refractivity contribution is -0.122. The smallest absolute Gasteiger partial charge is 0.233 e. The van der Waals surface area contributed by atoms with Gasteiger partial charge in [-0.05, 0) is 86.1 Å². The second kappa shape index (κ2) is 8.67.